The molecule has 1 saturated carbocycles. The van der Waals surface area contributed by atoms with Crippen LogP contribution in [0.2, 0.25) is 0 Å². The minimum absolute atomic E-state index is 0.0816. The van der Waals surface area contributed by atoms with E-state index in [2.05, 4.69) is 34.6 Å². The molecule has 1 aliphatic heterocycles. The highest BCUT2D eigenvalue weighted by atomic mass is 16.5. The fourth-order valence-electron chi connectivity index (χ4n) is 3.15. The number of ether oxygens (including phenoxy) is 1. The lowest BCUT2D eigenvalue weighted by Crippen LogP contribution is -2.36. The zero-order valence-electron chi connectivity index (χ0n) is 11.2. The Morgan fingerprint density at radius 1 is 1.25 bits per heavy atom. The van der Waals surface area contributed by atoms with Crippen molar-refractivity contribution < 1.29 is 9.53 Å². The molecule has 1 saturated heterocycles. The molecule has 0 aromatic carbocycles. The van der Waals surface area contributed by atoms with Gasteiger partial charge in [-0.2, -0.15) is 0 Å². The molecule has 0 aromatic heterocycles. The van der Waals surface area contributed by atoms with Crippen LogP contribution < -0.4 is 0 Å². The summed E-state index contributed by atoms with van der Waals surface area (Å²) in [4.78, 5) is 12.5. The van der Waals surface area contributed by atoms with Crippen LogP contribution in [-0.4, -0.2) is 17.0 Å². The van der Waals surface area contributed by atoms with Crippen LogP contribution in [-0.2, 0) is 9.53 Å². The summed E-state index contributed by atoms with van der Waals surface area (Å²) in [5.41, 5.74) is -0.434. The highest BCUT2D eigenvalue weighted by molar-refractivity contribution is 5.85. The lowest BCUT2D eigenvalue weighted by molar-refractivity contribution is -0.133. The van der Waals surface area contributed by atoms with E-state index in [0.29, 0.717) is 11.7 Å². The zero-order chi connectivity index (χ0) is 12.1. The van der Waals surface area contributed by atoms with Gasteiger partial charge in [-0.05, 0) is 52.9 Å². The van der Waals surface area contributed by atoms with Crippen molar-refractivity contribution in [2.24, 2.45) is 17.8 Å². The van der Waals surface area contributed by atoms with Gasteiger partial charge in [0.15, 0.2) is 0 Å². The molecule has 1 heterocycles. The average Bonchev–Trinajstić information content (AvgIpc) is 2.90. The molecule has 92 valence electrons. The summed E-state index contributed by atoms with van der Waals surface area (Å²) in [6.45, 7) is 10.4. The normalized spacial score (nSPS) is 33.7. The highest BCUT2D eigenvalue weighted by Crippen LogP contribution is 2.46. The zero-order valence-corrected chi connectivity index (χ0v) is 11.2. The lowest BCUT2D eigenvalue weighted by atomic mass is 9.79. The van der Waals surface area contributed by atoms with Gasteiger partial charge >= 0.3 is 0 Å². The molecule has 0 N–H and O–H groups in total. The SMILES string of the molecule is CC(C(=O)C1CC(C)(C)OC1(C)C)C1CC1. The Morgan fingerprint density at radius 2 is 1.81 bits per heavy atom. The molecule has 0 spiro atoms. The molecular formula is C14H24O2. The molecule has 0 aromatic rings. The van der Waals surface area contributed by atoms with E-state index in [0.717, 1.165) is 6.42 Å². The predicted molar refractivity (Wildman–Crippen MR) is 64.2 cm³/mol. The molecule has 2 unspecified atom stereocenters. The van der Waals surface area contributed by atoms with E-state index < -0.39 is 0 Å². The summed E-state index contributed by atoms with van der Waals surface area (Å²) < 4.78 is 6.00. The predicted octanol–water partition coefficient (Wildman–Crippen LogP) is 3.20. The maximum atomic E-state index is 12.5. The number of carbonyl (C=O) groups is 1. The number of rotatable bonds is 3. The lowest BCUT2D eigenvalue weighted by Gasteiger charge is -2.28. The number of carbonyl (C=O) groups excluding carboxylic acids is 1. The Kier molecular flexibility index (Phi) is 2.69. The van der Waals surface area contributed by atoms with E-state index in [1.165, 1.54) is 12.8 Å². The highest BCUT2D eigenvalue weighted by Gasteiger charge is 2.51. The van der Waals surface area contributed by atoms with Crippen molar-refractivity contribution in [3.8, 4) is 0 Å². The van der Waals surface area contributed by atoms with Gasteiger partial charge in [0.25, 0.3) is 0 Å². The van der Waals surface area contributed by atoms with Crippen molar-refractivity contribution in [3.05, 3.63) is 0 Å². The van der Waals surface area contributed by atoms with Gasteiger partial charge in [0, 0.05) is 11.8 Å². The van der Waals surface area contributed by atoms with Gasteiger partial charge in [0.1, 0.15) is 5.78 Å². The minimum atomic E-state index is -0.288. The summed E-state index contributed by atoms with van der Waals surface area (Å²) in [5.74, 6) is 1.41. The van der Waals surface area contributed by atoms with Gasteiger partial charge in [-0.15, -0.1) is 0 Å². The minimum Gasteiger partial charge on any atom is -0.369 e. The Hall–Kier alpha value is -0.370. The van der Waals surface area contributed by atoms with E-state index >= 15 is 0 Å². The van der Waals surface area contributed by atoms with Gasteiger partial charge in [-0.3, -0.25) is 4.79 Å². The fourth-order valence-corrected chi connectivity index (χ4v) is 3.15. The second kappa shape index (κ2) is 3.56. The summed E-state index contributed by atoms with van der Waals surface area (Å²) in [6, 6.07) is 0. The molecule has 16 heavy (non-hydrogen) atoms. The summed E-state index contributed by atoms with van der Waals surface area (Å²) in [5, 5.41) is 0. The second-order valence-corrected chi connectivity index (χ2v) is 6.75. The monoisotopic (exact) mass is 224 g/mol. The van der Waals surface area contributed by atoms with Crippen LogP contribution in [0, 0.1) is 17.8 Å². The van der Waals surface area contributed by atoms with Crippen molar-refractivity contribution in [1.29, 1.82) is 0 Å². The quantitative estimate of drug-likeness (QED) is 0.736. The molecule has 0 bridgehead atoms. The Balaban J connectivity index is 2.11. The van der Waals surface area contributed by atoms with Gasteiger partial charge in [-0.1, -0.05) is 6.92 Å². The number of hydrogen-bond donors (Lipinski definition) is 0. The van der Waals surface area contributed by atoms with E-state index in [9.17, 15) is 4.79 Å². The second-order valence-electron chi connectivity index (χ2n) is 6.75. The van der Waals surface area contributed by atoms with E-state index in [1.54, 1.807) is 0 Å². The molecule has 2 nitrogen and oxygen atoms in total. The van der Waals surface area contributed by atoms with Crippen LogP contribution in [0.15, 0.2) is 0 Å². The summed E-state index contributed by atoms with van der Waals surface area (Å²) in [6.07, 6.45) is 3.35. The topological polar surface area (TPSA) is 26.3 Å². The largest absolute Gasteiger partial charge is 0.369 e. The van der Waals surface area contributed by atoms with Gasteiger partial charge in [-0.25, -0.2) is 0 Å². The summed E-state index contributed by atoms with van der Waals surface area (Å²) >= 11 is 0. The van der Waals surface area contributed by atoms with Gasteiger partial charge in [0.2, 0.25) is 0 Å². The maximum absolute atomic E-state index is 12.5. The van der Waals surface area contributed by atoms with Gasteiger partial charge < -0.3 is 4.74 Å². The first-order valence-corrected chi connectivity index (χ1v) is 6.47. The molecule has 2 rings (SSSR count). The molecule has 2 atom stereocenters. The number of Topliss-reactive ketones (excluding diaryl/α,β-unsaturated/α-hetero) is 1. The first-order valence-electron chi connectivity index (χ1n) is 6.47. The number of ketones is 1. The molecule has 0 radical (unpaired) electrons. The third-order valence-corrected chi connectivity index (χ3v) is 4.20. The third kappa shape index (κ3) is 2.17. The molecule has 2 heteroatoms. The Morgan fingerprint density at radius 3 is 2.19 bits per heavy atom. The van der Waals surface area contributed by atoms with Crippen molar-refractivity contribution in [3.63, 3.8) is 0 Å². The smallest absolute Gasteiger partial charge is 0.142 e. The van der Waals surface area contributed by atoms with E-state index in [-0.39, 0.29) is 23.0 Å². The third-order valence-electron chi connectivity index (χ3n) is 4.20. The fraction of sp³-hybridized carbons (Fsp3) is 0.929. The van der Waals surface area contributed by atoms with E-state index in [4.69, 9.17) is 4.74 Å². The van der Waals surface area contributed by atoms with Crippen LogP contribution in [0.3, 0.4) is 0 Å². The molecule has 0 amide bonds. The summed E-state index contributed by atoms with van der Waals surface area (Å²) in [7, 11) is 0. The Bertz CT molecular complexity index is 300. The van der Waals surface area contributed by atoms with Crippen LogP contribution >= 0.6 is 0 Å². The molecule has 2 aliphatic rings. The van der Waals surface area contributed by atoms with Gasteiger partial charge in [0.05, 0.1) is 11.2 Å². The number of hydrogen-bond acceptors (Lipinski definition) is 2. The van der Waals surface area contributed by atoms with Crippen LogP contribution in [0.5, 0.6) is 0 Å². The van der Waals surface area contributed by atoms with E-state index in [1.807, 2.05) is 0 Å². The first kappa shape index (κ1) is 12.1. The first-order chi connectivity index (χ1) is 7.23. The Labute approximate surface area is 98.7 Å². The van der Waals surface area contributed by atoms with Crippen molar-refractivity contribution in [2.75, 3.05) is 0 Å². The van der Waals surface area contributed by atoms with Crippen LogP contribution in [0.1, 0.15) is 53.9 Å². The van der Waals surface area contributed by atoms with Crippen molar-refractivity contribution >= 4 is 5.78 Å². The molecule has 1 aliphatic carbocycles. The maximum Gasteiger partial charge on any atom is 0.142 e. The van der Waals surface area contributed by atoms with Crippen LogP contribution in [0.4, 0.5) is 0 Å². The van der Waals surface area contributed by atoms with Crippen LogP contribution in [0.25, 0.3) is 0 Å². The van der Waals surface area contributed by atoms with Crippen molar-refractivity contribution in [1.82, 2.24) is 0 Å². The average molecular weight is 224 g/mol. The van der Waals surface area contributed by atoms with Crippen molar-refractivity contribution in [2.45, 2.75) is 65.1 Å². The molecule has 2 fully saturated rings. The standard InChI is InChI=1S/C14H24O2/c1-9(10-6-7-10)12(15)11-8-13(2,3)16-14(11,4)5/h9-11H,6-8H2,1-5H3. The molecular weight excluding hydrogens is 200 g/mol.